The average molecular weight is 275 g/mol. The van der Waals surface area contributed by atoms with E-state index in [9.17, 15) is 0 Å². The molecule has 3 heteroatoms. The molecule has 0 spiro atoms. The van der Waals surface area contributed by atoms with Crippen LogP contribution >= 0.6 is 0 Å². The van der Waals surface area contributed by atoms with Crippen molar-refractivity contribution in [2.45, 2.75) is 44.1 Å². The first-order valence-corrected chi connectivity index (χ1v) is 7.70. The Morgan fingerprint density at radius 2 is 2.05 bits per heavy atom. The SMILES string of the molecule is COc1cc(C2(CNC3CC3)CCOCC2)ccc1C. The molecule has 110 valence electrons. The number of hydrogen-bond donors (Lipinski definition) is 1. The standard InChI is InChI=1S/C17H25NO2/c1-13-3-4-14(11-16(13)19-2)17(7-9-20-10-8-17)12-18-15-5-6-15/h3-4,11,15,18H,5-10,12H2,1-2H3. The molecular formula is C17H25NO2. The highest BCUT2D eigenvalue weighted by molar-refractivity contribution is 5.40. The minimum absolute atomic E-state index is 0.210. The molecule has 0 radical (unpaired) electrons. The molecule has 1 heterocycles. The van der Waals surface area contributed by atoms with Crippen LogP contribution in [0.5, 0.6) is 5.75 Å². The maximum absolute atomic E-state index is 5.59. The van der Waals surface area contributed by atoms with E-state index in [1.807, 2.05) is 0 Å². The third kappa shape index (κ3) is 2.84. The summed E-state index contributed by atoms with van der Waals surface area (Å²) < 4.78 is 11.1. The van der Waals surface area contributed by atoms with Crippen molar-refractivity contribution in [1.82, 2.24) is 5.32 Å². The van der Waals surface area contributed by atoms with Gasteiger partial charge in [-0.15, -0.1) is 0 Å². The normalized spacial score (nSPS) is 21.7. The average Bonchev–Trinajstić information content (AvgIpc) is 3.31. The maximum atomic E-state index is 5.59. The first kappa shape index (κ1) is 13.9. The Labute approximate surface area is 121 Å². The lowest BCUT2D eigenvalue weighted by molar-refractivity contribution is 0.0497. The number of rotatable bonds is 5. The van der Waals surface area contributed by atoms with E-state index < -0.39 is 0 Å². The summed E-state index contributed by atoms with van der Waals surface area (Å²) in [5.74, 6) is 1.000. The Morgan fingerprint density at radius 1 is 1.30 bits per heavy atom. The summed E-state index contributed by atoms with van der Waals surface area (Å²) >= 11 is 0. The summed E-state index contributed by atoms with van der Waals surface area (Å²) in [5.41, 5.74) is 2.81. The highest BCUT2D eigenvalue weighted by atomic mass is 16.5. The number of benzene rings is 1. The monoisotopic (exact) mass is 275 g/mol. The van der Waals surface area contributed by atoms with Crippen LogP contribution in [0.15, 0.2) is 18.2 Å². The summed E-state index contributed by atoms with van der Waals surface area (Å²) in [6.07, 6.45) is 4.87. The van der Waals surface area contributed by atoms with Gasteiger partial charge in [-0.25, -0.2) is 0 Å². The van der Waals surface area contributed by atoms with Crippen LogP contribution in [-0.4, -0.2) is 32.9 Å². The molecule has 1 aliphatic heterocycles. The molecule has 0 amide bonds. The molecule has 0 aromatic heterocycles. The molecule has 1 aromatic rings. The van der Waals surface area contributed by atoms with Gasteiger partial charge in [-0.1, -0.05) is 12.1 Å². The van der Waals surface area contributed by atoms with Crippen molar-refractivity contribution in [1.29, 1.82) is 0 Å². The largest absolute Gasteiger partial charge is 0.496 e. The van der Waals surface area contributed by atoms with Gasteiger partial charge in [0, 0.05) is 31.2 Å². The van der Waals surface area contributed by atoms with Crippen molar-refractivity contribution in [3.05, 3.63) is 29.3 Å². The number of aryl methyl sites for hydroxylation is 1. The lowest BCUT2D eigenvalue weighted by atomic mass is 9.73. The second-order valence-corrected chi connectivity index (χ2v) is 6.23. The second-order valence-electron chi connectivity index (χ2n) is 6.23. The van der Waals surface area contributed by atoms with Gasteiger partial charge in [-0.3, -0.25) is 0 Å². The molecular weight excluding hydrogens is 250 g/mol. The van der Waals surface area contributed by atoms with Gasteiger partial charge in [0.15, 0.2) is 0 Å². The highest BCUT2D eigenvalue weighted by Crippen LogP contribution is 2.37. The van der Waals surface area contributed by atoms with Gasteiger partial charge >= 0.3 is 0 Å². The van der Waals surface area contributed by atoms with E-state index >= 15 is 0 Å². The van der Waals surface area contributed by atoms with Crippen LogP contribution in [0.2, 0.25) is 0 Å². The molecule has 1 saturated carbocycles. The van der Waals surface area contributed by atoms with Crippen molar-refractivity contribution >= 4 is 0 Å². The second kappa shape index (κ2) is 5.74. The predicted octanol–water partition coefficient (Wildman–Crippen LogP) is 2.80. The predicted molar refractivity (Wildman–Crippen MR) is 80.5 cm³/mol. The fourth-order valence-electron chi connectivity index (χ4n) is 3.11. The Morgan fingerprint density at radius 3 is 2.70 bits per heavy atom. The first-order valence-electron chi connectivity index (χ1n) is 7.70. The fraction of sp³-hybridized carbons (Fsp3) is 0.647. The van der Waals surface area contributed by atoms with Crippen molar-refractivity contribution in [2.24, 2.45) is 0 Å². The van der Waals surface area contributed by atoms with Gasteiger partial charge in [-0.05, 0) is 49.8 Å². The molecule has 1 aromatic carbocycles. The van der Waals surface area contributed by atoms with E-state index in [-0.39, 0.29) is 5.41 Å². The van der Waals surface area contributed by atoms with Crippen LogP contribution < -0.4 is 10.1 Å². The van der Waals surface area contributed by atoms with Crippen molar-refractivity contribution in [2.75, 3.05) is 26.9 Å². The molecule has 0 atom stereocenters. The van der Waals surface area contributed by atoms with E-state index in [4.69, 9.17) is 9.47 Å². The van der Waals surface area contributed by atoms with Crippen molar-refractivity contribution in [3.8, 4) is 5.75 Å². The molecule has 2 fully saturated rings. The molecule has 3 rings (SSSR count). The number of methoxy groups -OCH3 is 1. The quantitative estimate of drug-likeness (QED) is 0.896. The van der Waals surface area contributed by atoms with E-state index in [2.05, 4.69) is 30.4 Å². The smallest absolute Gasteiger partial charge is 0.122 e. The molecule has 1 saturated heterocycles. The van der Waals surface area contributed by atoms with Gasteiger partial charge in [0.1, 0.15) is 5.75 Å². The van der Waals surface area contributed by atoms with Crippen LogP contribution in [0.25, 0.3) is 0 Å². The summed E-state index contributed by atoms with van der Waals surface area (Å²) in [7, 11) is 1.76. The minimum atomic E-state index is 0.210. The Balaban J connectivity index is 1.86. The molecule has 0 bridgehead atoms. The van der Waals surface area contributed by atoms with Crippen LogP contribution in [0, 0.1) is 6.92 Å². The van der Waals surface area contributed by atoms with E-state index in [0.717, 1.165) is 44.4 Å². The highest BCUT2D eigenvalue weighted by Gasteiger charge is 2.36. The summed E-state index contributed by atoms with van der Waals surface area (Å²) in [6, 6.07) is 7.44. The van der Waals surface area contributed by atoms with Gasteiger partial charge in [0.25, 0.3) is 0 Å². The van der Waals surface area contributed by atoms with E-state index in [1.54, 1.807) is 7.11 Å². The summed E-state index contributed by atoms with van der Waals surface area (Å²) in [6.45, 7) is 4.89. The minimum Gasteiger partial charge on any atom is -0.496 e. The zero-order chi connectivity index (χ0) is 14.0. The van der Waals surface area contributed by atoms with Crippen LogP contribution in [0.3, 0.4) is 0 Å². The first-order chi connectivity index (χ1) is 9.73. The van der Waals surface area contributed by atoms with Gasteiger partial charge in [0.2, 0.25) is 0 Å². The van der Waals surface area contributed by atoms with Crippen molar-refractivity contribution in [3.63, 3.8) is 0 Å². The van der Waals surface area contributed by atoms with Crippen LogP contribution in [0.4, 0.5) is 0 Å². The van der Waals surface area contributed by atoms with Gasteiger partial charge < -0.3 is 14.8 Å². The zero-order valence-corrected chi connectivity index (χ0v) is 12.6. The van der Waals surface area contributed by atoms with Crippen LogP contribution in [-0.2, 0) is 10.2 Å². The maximum Gasteiger partial charge on any atom is 0.122 e. The number of hydrogen-bond acceptors (Lipinski definition) is 3. The van der Waals surface area contributed by atoms with Gasteiger partial charge in [0.05, 0.1) is 7.11 Å². The molecule has 2 aliphatic rings. The Bertz CT molecular complexity index is 462. The Kier molecular flexibility index (Phi) is 3.99. The lowest BCUT2D eigenvalue weighted by Gasteiger charge is -2.38. The number of nitrogens with one attached hydrogen (secondary N) is 1. The zero-order valence-electron chi connectivity index (χ0n) is 12.6. The molecule has 0 unspecified atom stereocenters. The topological polar surface area (TPSA) is 30.5 Å². The fourth-order valence-corrected chi connectivity index (χ4v) is 3.11. The lowest BCUT2D eigenvalue weighted by Crippen LogP contribution is -2.43. The number of ether oxygens (including phenoxy) is 2. The summed E-state index contributed by atoms with van der Waals surface area (Å²) in [5, 5.41) is 3.72. The van der Waals surface area contributed by atoms with E-state index in [0.29, 0.717) is 0 Å². The summed E-state index contributed by atoms with van der Waals surface area (Å²) in [4.78, 5) is 0. The molecule has 20 heavy (non-hydrogen) atoms. The third-order valence-electron chi connectivity index (χ3n) is 4.78. The molecule has 3 nitrogen and oxygen atoms in total. The third-order valence-corrected chi connectivity index (χ3v) is 4.78. The molecule has 1 N–H and O–H groups in total. The van der Waals surface area contributed by atoms with E-state index in [1.165, 1.54) is 24.0 Å². The van der Waals surface area contributed by atoms with Crippen LogP contribution in [0.1, 0.15) is 36.8 Å². The molecule has 1 aliphatic carbocycles. The van der Waals surface area contributed by atoms with Gasteiger partial charge in [-0.2, -0.15) is 0 Å². The van der Waals surface area contributed by atoms with Crippen molar-refractivity contribution < 1.29 is 9.47 Å². The Hall–Kier alpha value is -1.06.